The highest BCUT2D eigenvalue weighted by atomic mass is 32.2. The molecular weight excluding hydrogens is 320 g/mol. The second-order valence-corrected chi connectivity index (χ2v) is 6.22. The average Bonchev–Trinajstić information content (AvgIpc) is 2.48. The van der Waals surface area contributed by atoms with E-state index < -0.39 is 10.1 Å². The van der Waals surface area contributed by atoms with Crippen LogP contribution >= 0.6 is 0 Å². The van der Waals surface area contributed by atoms with Crippen molar-refractivity contribution in [3.8, 4) is 5.75 Å². The Kier molecular flexibility index (Phi) is 7.65. The molecule has 1 amide bonds. The molecule has 23 heavy (non-hydrogen) atoms. The van der Waals surface area contributed by atoms with E-state index >= 15 is 0 Å². The van der Waals surface area contributed by atoms with Gasteiger partial charge in [0.1, 0.15) is 5.75 Å². The molecule has 124 valence electrons. The van der Waals surface area contributed by atoms with E-state index in [4.69, 9.17) is 9.71 Å². The Balaban J connectivity index is 2.38. The van der Waals surface area contributed by atoms with Gasteiger partial charge in [-0.2, -0.15) is 8.42 Å². The van der Waals surface area contributed by atoms with E-state index in [-0.39, 0.29) is 11.7 Å². The van der Waals surface area contributed by atoms with Crippen LogP contribution in [0.4, 0.5) is 0 Å². The van der Waals surface area contributed by atoms with Crippen molar-refractivity contribution < 1.29 is 17.4 Å². The summed E-state index contributed by atoms with van der Waals surface area (Å²) in [7, 11) is -3.54. The Bertz CT molecular complexity index is 692. The van der Waals surface area contributed by atoms with Gasteiger partial charge in [-0.1, -0.05) is 17.2 Å². The van der Waals surface area contributed by atoms with Gasteiger partial charge in [0.05, 0.1) is 6.26 Å². The normalized spacial score (nSPS) is 11.0. The lowest BCUT2D eigenvalue weighted by Gasteiger charge is -2.03. The minimum atomic E-state index is -3.54. The monoisotopic (exact) mass is 338 g/mol. The second kappa shape index (κ2) is 9.50. The number of benzene rings is 1. The molecule has 0 atom stereocenters. The molecule has 0 aromatic heterocycles. The smallest absolute Gasteiger partial charge is 0.306 e. The predicted octanol–water partition coefficient (Wildman–Crippen LogP) is 2.24. The SMILES string of the molecule is CS(=O)(=O)Oc1ccc(/C=C/C(=O)NCCCCN=[N+]=[N-])cc1. The van der Waals surface area contributed by atoms with Gasteiger partial charge in [0, 0.05) is 24.1 Å². The van der Waals surface area contributed by atoms with Crippen LogP contribution < -0.4 is 9.50 Å². The molecule has 0 bridgehead atoms. The summed E-state index contributed by atoms with van der Waals surface area (Å²) in [6, 6.07) is 6.30. The molecule has 1 rings (SSSR count). The second-order valence-electron chi connectivity index (χ2n) is 4.64. The van der Waals surface area contributed by atoms with Crippen LogP contribution in [0.1, 0.15) is 18.4 Å². The molecule has 0 fully saturated rings. The number of hydrogen-bond acceptors (Lipinski definition) is 5. The van der Waals surface area contributed by atoms with Gasteiger partial charge in [-0.15, -0.1) is 0 Å². The number of hydrogen-bond donors (Lipinski definition) is 1. The number of carbonyl (C=O) groups is 1. The van der Waals surface area contributed by atoms with Crippen molar-refractivity contribution in [3.63, 3.8) is 0 Å². The van der Waals surface area contributed by atoms with Gasteiger partial charge in [-0.25, -0.2) is 0 Å². The van der Waals surface area contributed by atoms with Gasteiger partial charge in [0.15, 0.2) is 0 Å². The highest BCUT2D eigenvalue weighted by molar-refractivity contribution is 7.86. The summed E-state index contributed by atoms with van der Waals surface area (Å²) in [6.45, 7) is 0.926. The highest BCUT2D eigenvalue weighted by Crippen LogP contribution is 2.14. The molecule has 1 aromatic rings. The molecule has 0 unspecified atom stereocenters. The molecule has 0 aliphatic carbocycles. The van der Waals surface area contributed by atoms with Gasteiger partial charge >= 0.3 is 10.1 Å². The molecule has 1 aromatic carbocycles. The summed E-state index contributed by atoms with van der Waals surface area (Å²) in [4.78, 5) is 14.2. The standard InChI is InChI=1S/C14H18N4O4S/c1-23(20,21)22-13-7-4-12(5-8-13)6-9-14(19)16-10-2-3-11-17-18-15/h4-9H,2-3,10-11H2,1H3,(H,16,19)/b9-6+. The molecule has 0 saturated heterocycles. The van der Waals surface area contributed by atoms with Gasteiger partial charge in [0.25, 0.3) is 0 Å². The maximum absolute atomic E-state index is 11.6. The summed E-state index contributed by atoms with van der Waals surface area (Å²) in [5.41, 5.74) is 8.84. The van der Waals surface area contributed by atoms with Crippen LogP contribution in [0.2, 0.25) is 0 Å². The maximum atomic E-state index is 11.6. The van der Waals surface area contributed by atoms with Crippen molar-refractivity contribution in [2.45, 2.75) is 12.8 Å². The van der Waals surface area contributed by atoms with Crippen molar-refractivity contribution in [1.82, 2.24) is 5.32 Å². The third-order valence-electron chi connectivity index (χ3n) is 2.60. The first-order valence-electron chi connectivity index (χ1n) is 6.87. The summed E-state index contributed by atoms with van der Waals surface area (Å²) >= 11 is 0. The Hall–Kier alpha value is -2.51. The third kappa shape index (κ3) is 9.18. The molecule has 9 heteroatoms. The third-order valence-corrected chi connectivity index (χ3v) is 3.10. The first kappa shape index (κ1) is 18.5. The quantitative estimate of drug-likeness (QED) is 0.185. The predicted molar refractivity (Wildman–Crippen MR) is 87.2 cm³/mol. The molecular formula is C14H18N4O4S. The molecule has 0 saturated carbocycles. The topological polar surface area (TPSA) is 121 Å². The summed E-state index contributed by atoms with van der Waals surface area (Å²) in [6.07, 6.45) is 5.42. The Morgan fingerprint density at radius 1 is 1.35 bits per heavy atom. The molecule has 0 aliphatic rings. The largest absolute Gasteiger partial charge is 0.383 e. The molecule has 0 spiro atoms. The van der Waals surface area contributed by atoms with E-state index in [0.29, 0.717) is 13.1 Å². The lowest BCUT2D eigenvalue weighted by atomic mass is 10.2. The fraction of sp³-hybridized carbons (Fsp3) is 0.357. The van der Waals surface area contributed by atoms with Gasteiger partial charge in [0.2, 0.25) is 5.91 Å². The van der Waals surface area contributed by atoms with Crippen molar-refractivity contribution in [2.24, 2.45) is 5.11 Å². The lowest BCUT2D eigenvalue weighted by Crippen LogP contribution is -2.22. The van der Waals surface area contributed by atoms with Crippen LogP contribution in [-0.4, -0.2) is 33.7 Å². The van der Waals surface area contributed by atoms with Crippen molar-refractivity contribution in [3.05, 3.63) is 46.3 Å². The zero-order chi connectivity index (χ0) is 17.1. The first-order chi connectivity index (χ1) is 10.9. The van der Waals surface area contributed by atoms with Crippen LogP contribution in [-0.2, 0) is 14.9 Å². The maximum Gasteiger partial charge on any atom is 0.306 e. The van der Waals surface area contributed by atoms with E-state index in [0.717, 1.165) is 24.7 Å². The minimum absolute atomic E-state index is 0.217. The summed E-state index contributed by atoms with van der Waals surface area (Å²) < 4.78 is 26.7. The fourth-order valence-electron chi connectivity index (χ4n) is 1.60. The van der Waals surface area contributed by atoms with Crippen molar-refractivity contribution in [2.75, 3.05) is 19.3 Å². The van der Waals surface area contributed by atoms with E-state index in [2.05, 4.69) is 15.3 Å². The lowest BCUT2D eigenvalue weighted by molar-refractivity contribution is -0.116. The molecule has 0 aliphatic heterocycles. The first-order valence-corrected chi connectivity index (χ1v) is 8.68. The number of azide groups is 1. The van der Waals surface area contributed by atoms with Crippen LogP contribution in [0, 0.1) is 0 Å². The number of amides is 1. The Labute approximate surface area is 134 Å². The van der Waals surface area contributed by atoms with Crippen molar-refractivity contribution >= 4 is 22.1 Å². The molecule has 0 heterocycles. The Morgan fingerprint density at radius 2 is 2.04 bits per heavy atom. The number of unbranched alkanes of at least 4 members (excludes halogenated alkanes) is 1. The zero-order valence-corrected chi connectivity index (χ0v) is 13.5. The van der Waals surface area contributed by atoms with Crippen LogP contribution in [0.25, 0.3) is 16.5 Å². The van der Waals surface area contributed by atoms with Crippen LogP contribution in [0.5, 0.6) is 5.75 Å². The minimum Gasteiger partial charge on any atom is -0.383 e. The zero-order valence-electron chi connectivity index (χ0n) is 12.7. The van der Waals surface area contributed by atoms with Crippen LogP contribution in [0.15, 0.2) is 35.5 Å². The van der Waals surface area contributed by atoms with E-state index in [1.807, 2.05) is 0 Å². The fourth-order valence-corrected chi connectivity index (χ4v) is 2.06. The summed E-state index contributed by atoms with van der Waals surface area (Å²) in [5, 5.41) is 6.11. The molecule has 1 N–H and O–H groups in total. The average molecular weight is 338 g/mol. The Morgan fingerprint density at radius 3 is 2.65 bits per heavy atom. The van der Waals surface area contributed by atoms with Crippen LogP contribution in [0.3, 0.4) is 0 Å². The van der Waals surface area contributed by atoms with Crippen molar-refractivity contribution in [1.29, 1.82) is 0 Å². The number of nitrogens with zero attached hydrogens (tertiary/aromatic N) is 3. The molecule has 8 nitrogen and oxygen atoms in total. The number of carbonyl (C=O) groups excluding carboxylic acids is 1. The number of nitrogens with one attached hydrogen (secondary N) is 1. The van der Waals surface area contributed by atoms with Gasteiger partial charge in [-0.05, 0) is 42.1 Å². The summed E-state index contributed by atoms with van der Waals surface area (Å²) in [5.74, 6) is -0.0145. The van der Waals surface area contributed by atoms with Gasteiger partial charge in [-0.3, -0.25) is 4.79 Å². The van der Waals surface area contributed by atoms with Gasteiger partial charge < -0.3 is 9.50 Å². The van der Waals surface area contributed by atoms with E-state index in [9.17, 15) is 13.2 Å². The highest BCUT2D eigenvalue weighted by Gasteiger charge is 2.03. The molecule has 0 radical (unpaired) electrons. The van der Waals surface area contributed by atoms with E-state index in [1.54, 1.807) is 18.2 Å². The van der Waals surface area contributed by atoms with E-state index in [1.165, 1.54) is 18.2 Å². The number of rotatable bonds is 9.